The Morgan fingerprint density at radius 2 is 1.62 bits per heavy atom. The molecular formula is C22H24N2O2. The van der Waals surface area contributed by atoms with E-state index in [0.29, 0.717) is 18.0 Å². The fraction of sp³-hybridized carbons (Fsp3) is 0.273. The van der Waals surface area contributed by atoms with Gasteiger partial charge in [-0.3, -0.25) is 4.79 Å². The van der Waals surface area contributed by atoms with Crippen molar-refractivity contribution in [2.45, 2.75) is 41.0 Å². The summed E-state index contributed by atoms with van der Waals surface area (Å²) < 4.78 is 5.78. The van der Waals surface area contributed by atoms with Crippen LogP contribution in [0.3, 0.4) is 0 Å². The SMILES string of the molecule is Cc1cc(C)nc(NC(=O)c2ccc(Cc3c(C)cc(C)cc3C)o2)c1. The number of rotatable bonds is 4. The molecule has 2 heterocycles. The lowest BCUT2D eigenvalue weighted by Gasteiger charge is -2.10. The van der Waals surface area contributed by atoms with Crippen LogP contribution in [0, 0.1) is 34.6 Å². The van der Waals surface area contributed by atoms with E-state index in [1.807, 2.05) is 32.0 Å². The van der Waals surface area contributed by atoms with Crippen LogP contribution in [0.15, 0.2) is 40.8 Å². The molecule has 134 valence electrons. The van der Waals surface area contributed by atoms with E-state index in [4.69, 9.17) is 4.42 Å². The Morgan fingerprint density at radius 1 is 0.962 bits per heavy atom. The van der Waals surface area contributed by atoms with Gasteiger partial charge in [0.1, 0.15) is 11.6 Å². The van der Waals surface area contributed by atoms with E-state index in [9.17, 15) is 4.79 Å². The molecule has 0 aliphatic carbocycles. The number of nitrogens with one attached hydrogen (secondary N) is 1. The van der Waals surface area contributed by atoms with Crippen LogP contribution >= 0.6 is 0 Å². The molecule has 26 heavy (non-hydrogen) atoms. The Hall–Kier alpha value is -2.88. The van der Waals surface area contributed by atoms with Gasteiger partial charge in [-0.05, 0) is 81.1 Å². The lowest BCUT2D eigenvalue weighted by Crippen LogP contribution is -2.12. The topological polar surface area (TPSA) is 55.1 Å². The normalized spacial score (nSPS) is 10.8. The summed E-state index contributed by atoms with van der Waals surface area (Å²) in [6.07, 6.45) is 0.674. The number of anilines is 1. The summed E-state index contributed by atoms with van der Waals surface area (Å²) in [5, 5.41) is 2.80. The zero-order valence-corrected chi connectivity index (χ0v) is 15.9. The van der Waals surface area contributed by atoms with Gasteiger partial charge in [-0.1, -0.05) is 17.7 Å². The van der Waals surface area contributed by atoms with Gasteiger partial charge in [0.25, 0.3) is 5.91 Å². The first-order valence-electron chi connectivity index (χ1n) is 8.74. The van der Waals surface area contributed by atoms with Crippen molar-refractivity contribution in [2.24, 2.45) is 0 Å². The molecule has 0 saturated carbocycles. The third kappa shape index (κ3) is 4.02. The first-order chi connectivity index (χ1) is 12.3. The van der Waals surface area contributed by atoms with E-state index in [1.54, 1.807) is 6.07 Å². The van der Waals surface area contributed by atoms with Crippen molar-refractivity contribution >= 4 is 11.7 Å². The quantitative estimate of drug-likeness (QED) is 0.717. The summed E-state index contributed by atoms with van der Waals surface area (Å²) in [4.78, 5) is 16.8. The Labute approximate surface area is 154 Å². The molecule has 0 fully saturated rings. The van der Waals surface area contributed by atoms with Gasteiger partial charge in [-0.15, -0.1) is 0 Å². The van der Waals surface area contributed by atoms with E-state index < -0.39 is 0 Å². The summed E-state index contributed by atoms with van der Waals surface area (Å²) in [6.45, 7) is 10.2. The molecule has 1 N–H and O–H groups in total. The van der Waals surface area contributed by atoms with E-state index in [0.717, 1.165) is 17.0 Å². The summed E-state index contributed by atoms with van der Waals surface area (Å²) >= 11 is 0. The van der Waals surface area contributed by atoms with Gasteiger partial charge in [-0.2, -0.15) is 0 Å². The zero-order valence-electron chi connectivity index (χ0n) is 15.9. The highest BCUT2D eigenvalue weighted by molar-refractivity contribution is 6.01. The molecule has 0 aliphatic rings. The lowest BCUT2D eigenvalue weighted by atomic mass is 9.97. The van der Waals surface area contributed by atoms with Crippen LogP contribution in [-0.2, 0) is 6.42 Å². The molecule has 0 atom stereocenters. The van der Waals surface area contributed by atoms with Gasteiger partial charge >= 0.3 is 0 Å². The highest BCUT2D eigenvalue weighted by atomic mass is 16.3. The number of carbonyl (C=O) groups is 1. The summed E-state index contributed by atoms with van der Waals surface area (Å²) in [7, 11) is 0. The van der Waals surface area contributed by atoms with Crippen LogP contribution in [0.2, 0.25) is 0 Å². The predicted molar refractivity (Wildman–Crippen MR) is 104 cm³/mol. The Morgan fingerprint density at radius 3 is 2.27 bits per heavy atom. The maximum atomic E-state index is 12.4. The van der Waals surface area contributed by atoms with Crippen LogP contribution in [-0.4, -0.2) is 10.9 Å². The highest BCUT2D eigenvalue weighted by Crippen LogP contribution is 2.22. The van der Waals surface area contributed by atoms with Crippen LogP contribution in [0.25, 0.3) is 0 Å². The van der Waals surface area contributed by atoms with Crippen molar-refractivity contribution < 1.29 is 9.21 Å². The molecule has 1 aromatic carbocycles. The molecule has 4 nitrogen and oxygen atoms in total. The van der Waals surface area contributed by atoms with Crippen molar-refractivity contribution in [3.63, 3.8) is 0 Å². The fourth-order valence-electron chi connectivity index (χ4n) is 3.34. The van der Waals surface area contributed by atoms with Gasteiger partial charge < -0.3 is 9.73 Å². The molecule has 0 spiro atoms. The predicted octanol–water partition coefficient (Wildman–Crippen LogP) is 5.06. The fourth-order valence-corrected chi connectivity index (χ4v) is 3.34. The van der Waals surface area contributed by atoms with E-state index in [1.165, 1.54) is 22.3 Å². The monoisotopic (exact) mass is 348 g/mol. The third-order valence-corrected chi connectivity index (χ3v) is 4.42. The molecule has 0 radical (unpaired) electrons. The summed E-state index contributed by atoms with van der Waals surface area (Å²) in [6, 6.07) is 11.7. The van der Waals surface area contributed by atoms with Crippen molar-refractivity contribution in [1.29, 1.82) is 0 Å². The number of benzene rings is 1. The number of amides is 1. The molecule has 3 aromatic rings. The number of nitrogens with zero attached hydrogens (tertiary/aromatic N) is 1. The second-order valence-corrected chi connectivity index (χ2v) is 6.95. The average molecular weight is 348 g/mol. The van der Waals surface area contributed by atoms with Crippen molar-refractivity contribution in [2.75, 3.05) is 5.32 Å². The largest absolute Gasteiger partial charge is 0.456 e. The van der Waals surface area contributed by atoms with Gasteiger partial charge in [0.15, 0.2) is 5.76 Å². The Kier molecular flexibility index (Phi) is 4.94. The van der Waals surface area contributed by atoms with Crippen LogP contribution < -0.4 is 5.32 Å². The zero-order chi connectivity index (χ0) is 18.8. The number of carbonyl (C=O) groups excluding carboxylic acids is 1. The molecule has 1 amide bonds. The second kappa shape index (κ2) is 7.16. The smallest absolute Gasteiger partial charge is 0.292 e. The minimum atomic E-state index is -0.286. The third-order valence-electron chi connectivity index (χ3n) is 4.42. The van der Waals surface area contributed by atoms with Gasteiger partial charge in [0.2, 0.25) is 0 Å². The maximum Gasteiger partial charge on any atom is 0.292 e. The first kappa shape index (κ1) is 17.9. The van der Waals surface area contributed by atoms with Crippen LogP contribution in [0.4, 0.5) is 5.82 Å². The van der Waals surface area contributed by atoms with Gasteiger partial charge in [0.05, 0.1) is 0 Å². The molecule has 3 rings (SSSR count). The first-order valence-corrected chi connectivity index (χ1v) is 8.74. The molecule has 0 saturated heterocycles. The summed E-state index contributed by atoms with van der Waals surface area (Å²) in [5.74, 6) is 1.32. The maximum absolute atomic E-state index is 12.4. The molecular weight excluding hydrogens is 324 g/mol. The van der Waals surface area contributed by atoms with E-state index in [-0.39, 0.29) is 5.91 Å². The minimum Gasteiger partial charge on any atom is -0.456 e. The van der Waals surface area contributed by atoms with Gasteiger partial charge in [0, 0.05) is 12.1 Å². The van der Waals surface area contributed by atoms with Crippen LogP contribution in [0.5, 0.6) is 0 Å². The average Bonchev–Trinajstić information content (AvgIpc) is 2.98. The van der Waals surface area contributed by atoms with Crippen LogP contribution in [0.1, 0.15) is 49.8 Å². The van der Waals surface area contributed by atoms with E-state index >= 15 is 0 Å². The van der Waals surface area contributed by atoms with E-state index in [2.05, 4.69) is 43.2 Å². The number of furan rings is 1. The number of hydrogen-bond acceptors (Lipinski definition) is 3. The number of aryl methyl sites for hydroxylation is 5. The minimum absolute atomic E-state index is 0.286. The molecule has 0 unspecified atom stereocenters. The Bertz CT molecular complexity index is 927. The number of hydrogen-bond donors (Lipinski definition) is 1. The molecule has 0 bridgehead atoms. The number of pyridine rings is 1. The molecule has 4 heteroatoms. The number of aromatic nitrogens is 1. The molecule has 2 aromatic heterocycles. The summed E-state index contributed by atoms with van der Waals surface area (Å²) in [5.41, 5.74) is 6.90. The second-order valence-electron chi connectivity index (χ2n) is 6.95. The van der Waals surface area contributed by atoms with Gasteiger partial charge in [-0.25, -0.2) is 4.98 Å². The van der Waals surface area contributed by atoms with Crippen molar-refractivity contribution in [3.8, 4) is 0 Å². The standard InChI is InChI=1S/C22H24N2O2/c1-13-8-15(3)19(16(4)9-13)12-18-6-7-20(26-18)22(25)24-21-11-14(2)10-17(5)23-21/h6-11H,12H2,1-5H3,(H,23,24,25). The van der Waals surface area contributed by atoms with Crippen molar-refractivity contribution in [3.05, 3.63) is 81.4 Å². The highest BCUT2D eigenvalue weighted by Gasteiger charge is 2.14. The lowest BCUT2D eigenvalue weighted by molar-refractivity contribution is 0.0994. The molecule has 0 aliphatic heterocycles. The Balaban J connectivity index is 1.76. The van der Waals surface area contributed by atoms with Crippen molar-refractivity contribution in [1.82, 2.24) is 4.98 Å².